The zero-order chi connectivity index (χ0) is 20.1. The predicted octanol–water partition coefficient (Wildman–Crippen LogP) is 3.93. The number of nitrogens with zero attached hydrogens (tertiary/aromatic N) is 1. The molecule has 3 amide bonds. The molecule has 0 aromatic heterocycles. The topological polar surface area (TPSA) is 73.5 Å². The highest BCUT2D eigenvalue weighted by Gasteiger charge is 2.26. The van der Waals surface area contributed by atoms with E-state index in [1.807, 2.05) is 35.2 Å². The molecule has 1 saturated heterocycles. The monoisotopic (exact) mass is 392 g/mol. The number of likely N-dealkylation sites (tertiary alicyclic amines) is 1. The maximum atomic E-state index is 12.8. The Morgan fingerprint density at radius 1 is 0.828 bits per heavy atom. The number of nitrogens with one attached hydrogen (secondary N) is 3. The largest absolute Gasteiger partial charge is 0.339 e. The molecule has 4 rings (SSSR count). The number of piperidine rings is 1. The molecule has 2 aliphatic rings. The highest BCUT2D eigenvalue weighted by atomic mass is 16.2. The van der Waals surface area contributed by atoms with Gasteiger partial charge in [0.25, 0.3) is 5.91 Å². The van der Waals surface area contributed by atoms with E-state index in [1.54, 1.807) is 24.3 Å². The summed E-state index contributed by atoms with van der Waals surface area (Å²) in [6, 6.07) is 16.6. The van der Waals surface area contributed by atoms with Crippen LogP contribution in [0.4, 0.5) is 16.2 Å². The van der Waals surface area contributed by atoms with Crippen molar-refractivity contribution in [1.82, 2.24) is 10.2 Å². The minimum absolute atomic E-state index is 0.0610. The van der Waals surface area contributed by atoms with Crippen LogP contribution < -0.4 is 16.0 Å². The van der Waals surface area contributed by atoms with Crippen molar-refractivity contribution >= 4 is 23.3 Å². The molecule has 1 heterocycles. The molecule has 2 aromatic rings. The summed E-state index contributed by atoms with van der Waals surface area (Å²) >= 11 is 0. The van der Waals surface area contributed by atoms with Crippen molar-refractivity contribution in [3.8, 4) is 0 Å². The average Bonchev–Trinajstić information content (AvgIpc) is 3.58. The smallest absolute Gasteiger partial charge is 0.323 e. The molecule has 2 fully saturated rings. The quantitative estimate of drug-likeness (QED) is 0.697. The molecule has 29 heavy (non-hydrogen) atoms. The SMILES string of the molecule is O=C(Nc1ccccc1)Nc1ccc(C(=O)N2CCC(NCC3CC3)CC2)cc1. The van der Waals surface area contributed by atoms with E-state index in [1.165, 1.54) is 12.8 Å². The molecule has 0 atom stereocenters. The van der Waals surface area contributed by atoms with Gasteiger partial charge in [0, 0.05) is 36.1 Å². The van der Waals surface area contributed by atoms with Gasteiger partial charge in [0.15, 0.2) is 0 Å². The molecule has 0 radical (unpaired) electrons. The van der Waals surface area contributed by atoms with Crippen LogP contribution in [-0.4, -0.2) is 42.5 Å². The van der Waals surface area contributed by atoms with Gasteiger partial charge in [-0.3, -0.25) is 4.79 Å². The van der Waals surface area contributed by atoms with Gasteiger partial charge in [-0.05, 0) is 74.5 Å². The van der Waals surface area contributed by atoms with E-state index in [9.17, 15) is 9.59 Å². The molecular formula is C23H28N4O2. The third-order valence-electron chi connectivity index (χ3n) is 5.60. The maximum Gasteiger partial charge on any atom is 0.323 e. The Morgan fingerprint density at radius 2 is 1.45 bits per heavy atom. The third kappa shape index (κ3) is 5.57. The molecular weight excluding hydrogens is 364 g/mol. The third-order valence-corrected chi connectivity index (χ3v) is 5.60. The second-order valence-corrected chi connectivity index (χ2v) is 7.94. The second-order valence-electron chi connectivity index (χ2n) is 7.94. The van der Waals surface area contributed by atoms with Gasteiger partial charge in [0.1, 0.15) is 0 Å². The Bertz CT molecular complexity index is 826. The fourth-order valence-corrected chi connectivity index (χ4v) is 3.64. The van der Waals surface area contributed by atoms with Crippen LogP contribution in [0.15, 0.2) is 54.6 Å². The summed E-state index contributed by atoms with van der Waals surface area (Å²) in [5.41, 5.74) is 2.04. The zero-order valence-corrected chi connectivity index (χ0v) is 16.6. The molecule has 1 aliphatic heterocycles. The predicted molar refractivity (Wildman–Crippen MR) is 115 cm³/mol. The van der Waals surface area contributed by atoms with E-state index < -0.39 is 0 Å². The van der Waals surface area contributed by atoms with Crippen LogP contribution in [0.5, 0.6) is 0 Å². The number of hydrogen-bond donors (Lipinski definition) is 3. The van der Waals surface area contributed by atoms with Crippen molar-refractivity contribution < 1.29 is 9.59 Å². The fraction of sp³-hybridized carbons (Fsp3) is 0.391. The number of hydrogen-bond acceptors (Lipinski definition) is 3. The van der Waals surface area contributed by atoms with Gasteiger partial charge in [-0.25, -0.2) is 4.79 Å². The summed E-state index contributed by atoms with van der Waals surface area (Å²) in [6.07, 6.45) is 4.75. The van der Waals surface area contributed by atoms with E-state index in [0.29, 0.717) is 17.3 Å². The number of urea groups is 1. The van der Waals surface area contributed by atoms with Crippen molar-refractivity contribution in [2.45, 2.75) is 31.7 Å². The molecule has 152 valence electrons. The van der Waals surface area contributed by atoms with Gasteiger partial charge in [0.05, 0.1) is 0 Å². The zero-order valence-electron chi connectivity index (χ0n) is 16.6. The Balaban J connectivity index is 1.25. The first-order chi connectivity index (χ1) is 14.2. The van der Waals surface area contributed by atoms with Crippen molar-refractivity contribution in [2.24, 2.45) is 5.92 Å². The minimum atomic E-state index is -0.309. The van der Waals surface area contributed by atoms with Crippen LogP contribution in [-0.2, 0) is 0 Å². The van der Waals surface area contributed by atoms with Gasteiger partial charge >= 0.3 is 6.03 Å². The van der Waals surface area contributed by atoms with Crippen LogP contribution >= 0.6 is 0 Å². The van der Waals surface area contributed by atoms with Gasteiger partial charge in [-0.15, -0.1) is 0 Å². The summed E-state index contributed by atoms with van der Waals surface area (Å²) < 4.78 is 0. The average molecular weight is 393 g/mol. The normalized spacial score (nSPS) is 17.0. The first-order valence-electron chi connectivity index (χ1n) is 10.4. The van der Waals surface area contributed by atoms with E-state index in [4.69, 9.17) is 0 Å². The van der Waals surface area contributed by atoms with Gasteiger partial charge < -0.3 is 20.9 Å². The molecule has 0 bridgehead atoms. The number of benzene rings is 2. The molecule has 1 saturated carbocycles. The summed E-state index contributed by atoms with van der Waals surface area (Å²) in [7, 11) is 0. The van der Waals surface area contributed by atoms with E-state index in [-0.39, 0.29) is 11.9 Å². The molecule has 0 spiro atoms. The molecule has 0 unspecified atom stereocenters. The van der Waals surface area contributed by atoms with Crippen LogP contribution in [0.25, 0.3) is 0 Å². The Morgan fingerprint density at radius 3 is 2.07 bits per heavy atom. The first kappa shape index (κ1) is 19.5. The number of carbonyl (C=O) groups excluding carboxylic acids is 2. The van der Waals surface area contributed by atoms with E-state index in [0.717, 1.165) is 44.1 Å². The number of rotatable bonds is 6. The minimum Gasteiger partial charge on any atom is -0.339 e. The number of para-hydroxylation sites is 1. The number of anilines is 2. The van der Waals surface area contributed by atoms with Crippen LogP contribution in [0.2, 0.25) is 0 Å². The first-order valence-corrected chi connectivity index (χ1v) is 10.4. The molecule has 6 nitrogen and oxygen atoms in total. The highest BCUT2D eigenvalue weighted by Crippen LogP contribution is 2.28. The van der Waals surface area contributed by atoms with Crippen molar-refractivity contribution in [2.75, 3.05) is 30.3 Å². The van der Waals surface area contributed by atoms with Crippen molar-refractivity contribution in [3.63, 3.8) is 0 Å². The van der Waals surface area contributed by atoms with Gasteiger partial charge in [-0.1, -0.05) is 18.2 Å². The Kier molecular flexibility index (Phi) is 6.10. The lowest BCUT2D eigenvalue weighted by Crippen LogP contribution is -2.45. The highest BCUT2D eigenvalue weighted by molar-refractivity contribution is 6.00. The van der Waals surface area contributed by atoms with Crippen LogP contribution in [0.3, 0.4) is 0 Å². The van der Waals surface area contributed by atoms with Crippen molar-refractivity contribution in [1.29, 1.82) is 0 Å². The summed E-state index contributed by atoms with van der Waals surface area (Å²) in [5.74, 6) is 0.947. The lowest BCUT2D eigenvalue weighted by atomic mass is 10.0. The second kappa shape index (κ2) is 9.09. The summed E-state index contributed by atoms with van der Waals surface area (Å²) in [5, 5.41) is 9.20. The van der Waals surface area contributed by atoms with E-state index in [2.05, 4.69) is 16.0 Å². The Labute approximate surface area is 171 Å². The lowest BCUT2D eigenvalue weighted by molar-refractivity contribution is 0.0705. The van der Waals surface area contributed by atoms with Crippen molar-refractivity contribution in [3.05, 3.63) is 60.2 Å². The summed E-state index contributed by atoms with van der Waals surface area (Å²) in [4.78, 5) is 26.8. The van der Waals surface area contributed by atoms with Crippen LogP contribution in [0, 0.1) is 5.92 Å². The molecule has 3 N–H and O–H groups in total. The number of amides is 3. The summed E-state index contributed by atoms with van der Waals surface area (Å²) in [6.45, 7) is 2.71. The molecule has 1 aliphatic carbocycles. The molecule has 6 heteroatoms. The standard InChI is InChI=1S/C23H28N4O2/c28-22(27-14-12-19(13-15-27)24-16-17-6-7-17)18-8-10-21(11-9-18)26-23(29)25-20-4-2-1-3-5-20/h1-5,8-11,17,19,24H,6-7,12-16H2,(H2,25,26,29). The van der Waals surface area contributed by atoms with Crippen LogP contribution in [0.1, 0.15) is 36.0 Å². The Hall–Kier alpha value is -2.86. The van der Waals surface area contributed by atoms with Gasteiger partial charge in [-0.2, -0.15) is 0 Å². The maximum absolute atomic E-state index is 12.8. The fourth-order valence-electron chi connectivity index (χ4n) is 3.64. The number of carbonyl (C=O) groups is 2. The van der Waals surface area contributed by atoms with Gasteiger partial charge in [0.2, 0.25) is 0 Å². The molecule has 2 aromatic carbocycles. The van der Waals surface area contributed by atoms with E-state index >= 15 is 0 Å². The lowest BCUT2D eigenvalue weighted by Gasteiger charge is -2.32.